The summed E-state index contributed by atoms with van der Waals surface area (Å²) in [7, 11) is 4.55. The van der Waals surface area contributed by atoms with Crippen LogP contribution in [0.3, 0.4) is 0 Å². The fraction of sp³-hybridized carbons (Fsp3) is 0.192. The van der Waals surface area contributed by atoms with Crippen LogP contribution in [0.2, 0.25) is 0 Å². The van der Waals surface area contributed by atoms with Crippen LogP contribution < -0.4 is 23.7 Å². The minimum atomic E-state index is -0.343. The van der Waals surface area contributed by atoms with Crippen LogP contribution in [0, 0.1) is 0 Å². The monoisotopic (exact) mass is 459 g/mol. The fourth-order valence-corrected chi connectivity index (χ4v) is 4.37. The molecule has 1 atom stereocenters. The van der Waals surface area contributed by atoms with Gasteiger partial charge in [-0.2, -0.15) is 0 Å². The van der Waals surface area contributed by atoms with E-state index in [0.29, 0.717) is 45.4 Å². The van der Waals surface area contributed by atoms with Crippen LogP contribution >= 0.6 is 0 Å². The van der Waals surface area contributed by atoms with Crippen molar-refractivity contribution >= 4 is 17.8 Å². The molecule has 5 rings (SSSR count). The van der Waals surface area contributed by atoms with Gasteiger partial charge in [0.1, 0.15) is 11.5 Å². The van der Waals surface area contributed by atoms with E-state index in [1.54, 1.807) is 42.7 Å². The maximum absolute atomic E-state index is 13.3. The molecule has 2 aromatic carbocycles. The molecule has 0 spiro atoms. The summed E-state index contributed by atoms with van der Waals surface area (Å²) < 4.78 is 27.9. The number of carbonyl (C=O) groups is 2. The number of ether oxygens (including phenoxy) is 5. The minimum Gasteiger partial charge on any atom is -0.493 e. The Kier molecular flexibility index (Phi) is 5.41. The van der Waals surface area contributed by atoms with E-state index in [4.69, 9.17) is 23.7 Å². The molecule has 0 aliphatic carbocycles. The van der Waals surface area contributed by atoms with Crippen molar-refractivity contribution < 1.29 is 33.3 Å². The van der Waals surface area contributed by atoms with Crippen molar-refractivity contribution in [1.29, 1.82) is 0 Å². The van der Waals surface area contributed by atoms with Gasteiger partial charge in [-0.3, -0.25) is 14.6 Å². The van der Waals surface area contributed by atoms with Gasteiger partial charge in [0.25, 0.3) is 0 Å². The van der Waals surface area contributed by atoms with Crippen LogP contribution in [0.1, 0.15) is 39.4 Å². The van der Waals surface area contributed by atoms with Gasteiger partial charge < -0.3 is 23.7 Å². The highest BCUT2D eigenvalue weighted by Crippen LogP contribution is 2.49. The van der Waals surface area contributed by atoms with Gasteiger partial charge in [0, 0.05) is 29.4 Å². The normalized spacial score (nSPS) is 17.5. The largest absolute Gasteiger partial charge is 0.493 e. The quantitative estimate of drug-likeness (QED) is 0.319. The molecule has 2 aliphatic rings. The van der Waals surface area contributed by atoms with Crippen LogP contribution in [0.15, 0.2) is 54.6 Å². The molecular weight excluding hydrogens is 438 g/mol. The number of ketones is 1. The third kappa shape index (κ3) is 3.44. The zero-order chi connectivity index (χ0) is 23.8. The van der Waals surface area contributed by atoms with Crippen molar-refractivity contribution in [2.75, 3.05) is 21.3 Å². The van der Waals surface area contributed by atoms with Gasteiger partial charge in [0.2, 0.25) is 11.5 Å². The number of benzene rings is 2. The Labute approximate surface area is 195 Å². The summed E-state index contributed by atoms with van der Waals surface area (Å²) >= 11 is 0. The predicted octanol–water partition coefficient (Wildman–Crippen LogP) is 4.16. The van der Waals surface area contributed by atoms with Crippen molar-refractivity contribution in [3.63, 3.8) is 0 Å². The van der Waals surface area contributed by atoms with E-state index in [-0.39, 0.29) is 29.9 Å². The smallest absolute Gasteiger partial charge is 0.312 e. The van der Waals surface area contributed by atoms with Gasteiger partial charge in [-0.1, -0.05) is 0 Å². The number of rotatable bonds is 5. The van der Waals surface area contributed by atoms with Crippen molar-refractivity contribution in [2.45, 2.75) is 12.3 Å². The molecule has 0 bridgehead atoms. The van der Waals surface area contributed by atoms with Crippen molar-refractivity contribution in [2.24, 2.45) is 0 Å². The first-order valence-electron chi connectivity index (χ1n) is 10.6. The number of methoxy groups -OCH3 is 3. The SMILES string of the molecule is COc1ccc(/C=C2\Oc3c(ccc4c3[C@@H](c3ccncc3)CC(=O)O4)C2=O)c(OC)c1OC. The van der Waals surface area contributed by atoms with E-state index in [1.807, 2.05) is 12.1 Å². The van der Waals surface area contributed by atoms with Gasteiger partial charge in [0.05, 0.1) is 33.3 Å². The summed E-state index contributed by atoms with van der Waals surface area (Å²) in [6.07, 6.45) is 5.07. The lowest BCUT2D eigenvalue weighted by atomic mass is 9.85. The summed E-state index contributed by atoms with van der Waals surface area (Å²) in [5.41, 5.74) is 2.54. The molecule has 0 fully saturated rings. The van der Waals surface area contributed by atoms with Crippen LogP contribution in [-0.4, -0.2) is 38.1 Å². The molecule has 2 aliphatic heterocycles. The molecule has 0 saturated carbocycles. The Hall–Kier alpha value is -4.33. The second-order valence-corrected chi connectivity index (χ2v) is 7.73. The molecule has 3 aromatic rings. The number of pyridine rings is 1. The van der Waals surface area contributed by atoms with Crippen LogP contribution in [0.25, 0.3) is 6.08 Å². The van der Waals surface area contributed by atoms with Crippen LogP contribution in [0.5, 0.6) is 28.7 Å². The number of aromatic nitrogens is 1. The first-order valence-corrected chi connectivity index (χ1v) is 10.6. The lowest BCUT2D eigenvalue weighted by molar-refractivity contribution is -0.135. The Balaban J connectivity index is 1.61. The summed E-state index contributed by atoms with van der Waals surface area (Å²) in [6.45, 7) is 0. The molecule has 0 saturated heterocycles. The third-order valence-corrected chi connectivity index (χ3v) is 5.91. The second kappa shape index (κ2) is 8.55. The molecule has 0 N–H and O–H groups in total. The molecule has 0 radical (unpaired) electrons. The molecule has 8 nitrogen and oxygen atoms in total. The predicted molar refractivity (Wildman–Crippen MR) is 122 cm³/mol. The molecular formula is C26H21NO7. The Morgan fingerprint density at radius 3 is 2.38 bits per heavy atom. The molecule has 0 amide bonds. The number of Topliss-reactive ketones (excluding diaryl/α,β-unsaturated/α-hetero) is 1. The van der Waals surface area contributed by atoms with Gasteiger partial charge in [-0.25, -0.2) is 0 Å². The first kappa shape index (κ1) is 21.5. The highest BCUT2D eigenvalue weighted by Gasteiger charge is 2.38. The number of esters is 1. The average Bonchev–Trinajstić information content (AvgIpc) is 3.18. The van der Waals surface area contributed by atoms with Crippen molar-refractivity contribution in [1.82, 2.24) is 4.98 Å². The number of hydrogen-bond acceptors (Lipinski definition) is 8. The fourth-order valence-electron chi connectivity index (χ4n) is 4.37. The third-order valence-electron chi connectivity index (χ3n) is 5.91. The van der Waals surface area contributed by atoms with E-state index in [2.05, 4.69) is 4.98 Å². The maximum atomic E-state index is 13.3. The van der Waals surface area contributed by atoms with Gasteiger partial charge in [-0.15, -0.1) is 0 Å². The molecule has 34 heavy (non-hydrogen) atoms. The first-order chi connectivity index (χ1) is 16.5. The Morgan fingerprint density at radius 2 is 1.68 bits per heavy atom. The van der Waals surface area contributed by atoms with E-state index < -0.39 is 0 Å². The number of allylic oxidation sites excluding steroid dienone is 1. The number of fused-ring (bicyclic) bond motifs is 3. The van der Waals surface area contributed by atoms with E-state index in [9.17, 15) is 9.59 Å². The van der Waals surface area contributed by atoms with Gasteiger partial charge in [0.15, 0.2) is 17.3 Å². The zero-order valence-corrected chi connectivity index (χ0v) is 18.8. The second-order valence-electron chi connectivity index (χ2n) is 7.73. The molecule has 172 valence electrons. The zero-order valence-electron chi connectivity index (χ0n) is 18.8. The summed E-state index contributed by atoms with van der Waals surface area (Å²) in [4.78, 5) is 29.6. The van der Waals surface area contributed by atoms with Gasteiger partial charge in [-0.05, 0) is 48.0 Å². The molecule has 8 heteroatoms. The van der Waals surface area contributed by atoms with Crippen LogP contribution in [-0.2, 0) is 4.79 Å². The van der Waals surface area contributed by atoms with Gasteiger partial charge >= 0.3 is 5.97 Å². The highest BCUT2D eigenvalue weighted by molar-refractivity contribution is 6.15. The topological polar surface area (TPSA) is 93.2 Å². The standard InChI is InChI=1S/C26H21NO7/c1-30-19-6-4-15(24(31-2)26(19)32-3)12-20-23(29)16-5-7-18-22(25(16)34-20)17(13-21(28)33-18)14-8-10-27-11-9-14/h4-12,17H,13H2,1-3H3/b20-12-/t17-/m1/s1. The number of carbonyl (C=O) groups excluding carboxylic acids is 2. The van der Waals surface area contributed by atoms with Crippen LogP contribution in [0.4, 0.5) is 0 Å². The molecule has 0 unspecified atom stereocenters. The van der Waals surface area contributed by atoms with E-state index in [1.165, 1.54) is 21.3 Å². The molecule has 1 aromatic heterocycles. The minimum absolute atomic E-state index is 0.124. The Bertz CT molecular complexity index is 1330. The highest BCUT2D eigenvalue weighted by atomic mass is 16.5. The summed E-state index contributed by atoms with van der Waals surface area (Å²) in [6, 6.07) is 10.4. The number of hydrogen-bond donors (Lipinski definition) is 0. The number of nitrogens with zero attached hydrogens (tertiary/aromatic N) is 1. The van der Waals surface area contributed by atoms with Crippen molar-refractivity contribution in [3.05, 3.63) is 76.8 Å². The van der Waals surface area contributed by atoms with E-state index in [0.717, 1.165) is 5.56 Å². The summed E-state index contributed by atoms with van der Waals surface area (Å²) in [5, 5.41) is 0. The lowest BCUT2D eigenvalue weighted by Crippen LogP contribution is -2.21. The maximum Gasteiger partial charge on any atom is 0.312 e. The van der Waals surface area contributed by atoms with Crippen molar-refractivity contribution in [3.8, 4) is 28.7 Å². The summed E-state index contributed by atoms with van der Waals surface area (Å²) in [5.74, 6) is 1.27. The lowest BCUT2D eigenvalue weighted by Gasteiger charge is -2.26. The van der Waals surface area contributed by atoms with E-state index >= 15 is 0 Å². The Morgan fingerprint density at radius 1 is 0.912 bits per heavy atom. The average molecular weight is 459 g/mol. The molecule has 3 heterocycles.